The summed E-state index contributed by atoms with van der Waals surface area (Å²) in [7, 11) is 0. The van der Waals surface area contributed by atoms with Crippen LogP contribution >= 0.6 is 11.6 Å². The molecule has 0 aliphatic heterocycles. The summed E-state index contributed by atoms with van der Waals surface area (Å²) < 4.78 is 4.95. The molecule has 14 heavy (non-hydrogen) atoms. The van der Waals surface area contributed by atoms with Gasteiger partial charge in [0.05, 0.1) is 0 Å². The number of halogens is 1. The summed E-state index contributed by atoms with van der Waals surface area (Å²) in [4.78, 5) is 10.5. The summed E-state index contributed by atoms with van der Waals surface area (Å²) in [5.74, 6) is 0. The molecule has 1 aliphatic carbocycles. The molecular weight excluding hydrogens is 200 g/mol. The quantitative estimate of drug-likeness (QED) is 0.599. The first-order valence-corrected chi connectivity index (χ1v) is 5.03. The lowest BCUT2D eigenvalue weighted by Crippen LogP contribution is -2.15. The fourth-order valence-corrected chi connectivity index (χ4v) is 1.79. The molecule has 1 aliphatic rings. The molecule has 0 bridgehead atoms. The maximum absolute atomic E-state index is 10.5. The molecule has 3 heteroatoms. The summed E-state index contributed by atoms with van der Waals surface area (Å²) >= 11 is 5.14. The van der Waals surface area contributed by atoms with Crippen LogP contribution in [-0.4, -0.2) is 11.5 Å². The van der Waals surface area contributed by atoms with Crippen molar-refractivity contribution in [3.63, 3.8) is 0 Å². The summed E-state index contributed by atoms with van der Waals surface area (Å²) in [6, 6.07) is 0. The number of hydrogen-bond donors (Lipinski definition) is 0. The largest absolute Gasteiger partial charge is 0.450 e. The van der Waals surface area contributed by atoms with E-state index in [1.54, 1.807) is 0 Å². The third kappa shape index (κ3) is 7.19. The fraction of sp³-hybridized carbons (Fsp3) is 0.909. The maximum Gasteiger partial charge on any atom is 0.404 e. The highest BCUT2D eigenvalue weighted by atomic mass is 35.5. The topological polar surface area (TPSA) is 26.3 Å². The van der Waals surface area contributed by atoms with Crippen molar-refractivity contribution in [2.24, 2.45) is 0 Å². The van der Waals surface area contributed by atoms with Crippen LogP contribution in [0, 0.1) is 0 Å². The Morgan fingerprint density at radius 2 is 1.43 bits per heavy atom. The van der Waals surface area contributed by atoms with Crippen LogP contribution in [0.4, 0.5) is 4.79 Å². The van der Waals surface area contributed by atoms with Gasteiger partial charge < -0.3 is 4.74 Å². The van der Waals surface area contributed by atoms with E-state index in [1.165, 1.54) is 19.3 Å². The lowest BCUT2D eigenvalue weighted by Gasteiger charge is -2.18. The SMILES string of the molecule is C.C.O=C(Cl)OC1CCCCCCC1. The Bertz CT molecular complexity index is 140. The second-order valence-corrected chi connectivity index (χ2v) is 3.63. The molecule has 0 unspecified atom stereocenters. The molecule has 86 valence electrons. The molecule has 1 rings (SSSR count). The predicted octanol–water partition coefficient (Wildman–Crippen LogP) is 4.75. The third-order valence-electron chi connectivity index (χ3n) is 2.31. The normalized spacial score (nSPS) is 18.1. The maximum atomic E-state index is 10.5. The first kappa shape index (κ1) is 16.2. The number of carbonyl (C=O) groups excluding carboxylic acids is 1. The number of rotatable bonds is 1. The van der Waals surface area contributed by atoms with Gasteiger partial charge in [-0.25, -0.2) is 4.79 Å². The van der Waals surface area contributed by atoms with E-state index in [2.05, 4.69) is 0 Å². The Hall–Kier alpha value is -0.240. The monoisotopic (exact) mass is 222 g/mol. The van der Waals surface area contributed by atoms with E-state index in [0.717, 1.165) is 25.7 Å². The molecule has 0 aromatic rings. The average Bonchev–Trinajstić information content (AvgIpc) is 1.93. The van der Waals surface area contributed by atoms with Gasteiger partial charge in [0, 0.05) is 11.6 Å². The fourth-order valence-electron chi connectivity index (χ4n) is 1.67. The molecule has 0 N–H and O–H groups in total. The van der Waals surface area contributed by atoms with Gasteiger partial charge in [-0.05, 0) is 25.7 Å². The molecular formula is C11H23ClO2. The van der Waals surface area contributed by atoms with E-state index in [-0.39, 0.29) is 21.0 Å². The van der Waals surface area contributed by atoms with Gasteiger partial charge in [-0.3, -0.25) is 0 Å². The van der Waals surface area contributed by atoms with E-state index in [4.69, 9.17) is 16.3 Å². The van der Waals surface area contributed by atoms with Crippen LogP contribution in [0.1, 0.15) is 59.8 Å². The van der Waals surface area contributed by atoms with E-state index < -0.39 is 5.43 Å². The number of carbonyl (C=O) groups is 1. The van der Waals surface area contributed by atoms with E-state index >= 15 is 0 Å². The highest BCUT2D eigenvalue weighted by Gasteiger charge is 2.13. The molecule has 0 atom stereocenters. The van der Waals surface area contributed by atoms with Gasteiger partial charge in [0.1, 0.15) is 6.10 Å². The second kappa shape index (κ2) is 9.32. The smallest absolute Gasteiger partial charge is 0.404 e. The van der Waals surface area contributed by atoms with Gasteiger partial charge in [-0.2, -0.15) is 0 Å². The van der Waals surface area contributed by atoms with Crippen LogP contribution < -0.4 is 0 Å². The van der Waals surface area contributed by atoms with Crippen molar-refractivity contribution in [1.29, 1.82) is 0 Å². The van der Waals surface area contributed by atoms with Crippen LogP contribution in [-0.2, 0) is 4.74 Å². The van der Waals surface area contributed by atoms with Crippen LogP contribution in [0.3, 0.4) is 0 Å². The standard InChI is InChI=1S/C9H15ClO2.2CH4/c10-9(11)12-8-6-4-2-1-3-5-7-8;;/h8H,1-7H2;2*1H4. The van der Waals surface area contributed by atoms with Crippen LogP contribution in [0.5, 0.6) is 0 Å². The summed E-state index contributed by atoms with van der Waals surface area (Å²) in [6.07, 6.45) is 8.21. The average molecular weight is 223 g/mol. The Labute approximate surface area is 93.0 Å². The van der Waals surface area contributed by atoms with Gasteiger partial charge in [0.15, 0.2) is 0 Å². The van der Waals surface area contributed by atoms with Crippen molar-refractivity contribution in [1.82, 2.24) is 0 Å². The number of ether oxygens (including phenoxy) is 1. The van der Waals surface area contributed by atoms with Crippen molar-refractivity contribution in [2.45, 2.75) is 65.9 Å². The third-order valence-corrected chi connectivity index (χ3v) is 2.40. The van der Waals surface area contributed by atoms with Gasteiger partial charge >= 0.3 is 5.43 Å². The minimum Gasteiger partial charge on any atom is -0.450 e. The van der Waals surface area contributed by atoms with Gasteiger partial charge in [-0.15, -0.1) is 0 Å². The molecule has 0 aromatic heterocycles. The molecule has 0 saturated heterocycles. The Kier molecular flexibility index (Phi) is 10.8. The Morgan fingerprint density at radius 3 is 1.86 bits per heavy atom. The molecule has 0 amide bonds. The van der Waals surface area contributed by atoms with Gasteiger partial charge in [0.2, 0.25) is 0 Å². The molecule has 1 saturated carbocycles. The molecule has 0 aromatic carbocycles. The summed E-state index contributed by atoms with van der Waals surface area (Å²) in [6.45, 7) is 0. The second-order valence-electron chi connectivity index (χ2n) is 3.32. The molecule has 1 fully saturated rings. The van der Waals surface area contributed by atoms with Crippen LogP contribution in [0.15, 0.2) is 0 Å². The van der Waals surface area contributed by atoms with Crippen LogP contribution in [0.2, 0.25) is 0 Å². The Balaban J connectivity index is 0. The van der Waals surface area contributed by atoms with E-state index in [0.29, 0.717) is 0 Å². The lowest BCUT2D eigenvalue weighted by atomic mass is 9.99. The van der Waals surface area contributed by atoms with Crippen molar-refractivity contribution < 1.29 is 9.53 Å². The first-order chi connectivity index (χ1) is 5.79. The van der Waals surface area contributed by atoms with Crippen molar-refractivity contribution in [3.05, 3.63) is 0 Å². The van der Waals surface area contributed by atoms with Crippen molar-refractivity contribution in [3.8, 4) is 0 Å². The molecule has 2 nitrogen and oxygen atoms in total. The summed E-state index contributed by atoms with van der Waals surface area (Å²) in [5.41, 5.74) is -0.652. The highest BCUT2D eigenvalue weighted by molar-refractivity contribution is 6.61. The molecule has 0 heterocycles. The lowest BCUT2D eigenvalue weighted by molar-refractivity contribution is 0.103. The Morgan fingerprint density at radius 1 is 1.00 bits per heavy atom. The van der Waals surface area contributed by atoms with Crippen molar-refractivity contribution >= 4 is 17.0 Å². The zero-order chi connectivity index (χ0) is 8.81. The van der Waals surface area contributed by atoms with E-state index in [9.17, 15) is 4.79 Å². The van der Waals surface area contributed by atoms with Gasteiger partial charge in [-0.1, -0.05) is 34.1 Å². The number of hydrogen-bond acceptors (Lipinski definition) is 2. The summed E-state index contributed by atoms with van der Waals surface area (Å²) in [5, 5.41) is 0. The van der Waals surface area contributed by atoms with Crippen molar-refractivity contribution in [2.75, 3.05) is 0 Å². The highest BCUT2D eigenvalue weighted by Crippen LogP contribution is 2.19. The molecule has 0 spiro atoms. The first-order valence-electron chi connectivity index (χ1n) is 4.65. The van der Waals surface area contributed by atoms with Gasteiger partial charge in [0.25, 0.3) is 0 Å². The minimum atomic E-state index is -0.652. The molecule has 0 radical (unpaired) electrons. The predicted molar refractivity (Wildman–Crippen MR) is 61.9 cm³/mol. The minimum absolute atomic E-state index is 0. The van der Waals surface area contributed by atoms with Crippen LogP contribution in [0.25, 0.3) is 0 Å². The van der Waals surface area contributed by atoms with E-state index in [1.807, 2.05) is 0 Å². The zero-order valence-electron chi connectivity index (χ0n) is 7.22. The zero-order valence-corrected chi connectivity index (χ0v) is 7.98.